The van der Waals surface area contributed by atoms with Gasteiger partial charge in [-0.3, -0.25) is 5.10 Å². The van der Waals surface area contributed by atoms with E-state index >= 15 is 0 Å². The molecule has 0 spiro atoms. The third kappa shape index (κ3) is 5.06. The van der Waals surface area contributed by atoms with Crippen molar-refractivity contribution in [3.8, 4) is 0 Å². The molecule has 1 aliphatic carbocycles. The molecule has 0 fully saturated rings. The molecule has 0 bridgehead atoms. The van der Waals surface area contributed by atoms with Gasteiger partial charge in [-0.05, 0) is 48.9 Å². The molecule has 1 heterocycles. The fourth-order valence-corrected chi connectivity index (χ4v) is 3.56. The van der Waals surface area contributed by atoms with Gasteiger partial charge >= 0.3 is 6.03 Å². The number of aryl methyl sites for hydroxylation is 2. The van der Waals surface area contributed by atoms with E-state index in [0.717, 1.165) is 36.1 Å². The number of nitrogens with zero attached hydrogens (tertiary/aromatic N) is 1. The number of anilines is 1. The maximum absolute atomic E-state index is 12.1. The standard InChI is InChI=1S/C17H22N4O3S/c1-25(23,24)9-8-12-2-4-14(5-3-12)19-17(22)20-15-6-7-16-13(10-15)11-18-21-16/h2-5,11,15H,6-10H2,1H3,(H,18,21)(H2,19,20,22). The number of amides is 2. The zero-order valence-corrected chi connectivity index (χ0v) is 14.9. The van der Waals surface area contributed by atoms with E-state index in [1.807, 2.05) is 18.3 Å². The van der Waals surface area contributed by atoms with Gasteiger partial charge in [-0.15, -0.1) is 0 Å². The summed E-state index contributed by atoms with van der Waals surface area (Å²) >= 11 is 0. The molecule has 1 aromatic heterocycles. The van der Waals surface area contributed by atoms with Gasteiger partial charge in [-0.25, -0.2) is 13.2 Å². The summed E-state index contributed by atoms with van der Waals surface area (Å²) in [6, 6.07) is 7.09. The van der Waals surface area contributed by atoms with Gasteiger partial charge < -0.3 is 10.6 Å². The Kier molecular flexibility index (Phi) is 5.08. The summed E-state index contributed by atoms with van der Waals surface area (Å²) < 4.78 is 22.4. The molecule has 0 saturated heterocycles. The van der Waals surface area contributed by atoms with Crippen LogP contribution >= 0.6 is 0 Å². The van der Waals surface area contributed by atoms with Gasteiger partial charge in [0.15, 0.2) is 0 Å². The van der Waals surface area contributed by atoms with Crippen molar-refractivity contribution in [1.82, 2.24) is 15.5 Å². The van der Waals surface area contributed by atoms with Crippen LogP contribution in [-0.2, 0) is 29.1 Å². The number of nitrogens with one attached hydrogen (secondary N) is 3. The summed E-state index contributed by atoms with van der Waals surface area (Å²) in [6.45, 7) is 0. The molecule has 25 heavy (non-hydrogen) atoms. The molecule has 0 radical (unpaired) electrons. The second-order valence-electron chi connectivity index (χ2n) is 6.49. The van der Waals surface area contributed by atoms with E-state index < -0.39 is 9.84 Å². The van der Waals surface area contributed by atoms with Crippen LogP contribution in [0, 0.1) is 0 Å². The Morgan fingerprint density at radius 3 is 2.80 bits per heavy atom. The average Bonchev–Trinajstić information content (AvgIpc) is 3.01. The normalized spacial score (nSPS) is 16.9. The fraction of sp³-hybridized carbons (Fsp3) is 0.412. The number of carbonyl (C=O) groups excluding carboxylic acids is 1. The second-order valence-corrected chi connectivity index (χ2v) is 8.75. The number of benzene rings is 1. The summed E-state index contributed by atoms with van der Waals surface area (Å²) in [5, 5.41) is 12.8. The number of hydrogen-bond donors (Lipinski definition) is 3. The molecule has 3 N–H and O–H groups in total. The van der Waals surface area contributed by atoms with Crippen molar-refractivity contribution in [3.05, 3.63) is 47.3 Å². The van der Waals surface area contributed by atoms with Crippen molar-refractivity contribution < 1.29 is 13.2 Å². The smallest absolute Gasteiger partial charge is 0.319 e. The van der Waals surface area contributed by atoms with Crippen LogP contribution in [0.25, 0.3) is 0 Å². The Morgan fingerprint density at radius 2 is 2.08 bits per heavy atom. The van der Waals surface area contributed by atoms with Crippen LogP contribution in [0.2, 0.25) is 0 Å². The molecule has 8 heteroatoms. The lowest BCUT2D eigenvalue weighted by Crippen LogP contribution is -2.41. The van der Waals surface area contributed by atoms with E-state index in [9.17, 15) is 13.2 Å². The van der Waals surface area contributed by atoms with Gasteiger partial charge in [0.1, 0.15) is 9.84 Å². The van der Waals surface area contributed by atoms with Gasteiger partial charge in [-0.2, -0.15) is 5.10 Å². The first-order valence-electron chi connectivity index (χ1n) is 8.24. The van der Waals surface area contributed by atoms with Crippen LogP contribution in [-0.4, -0.2) is 42.7 Å². The number of fused-ring (bicyclic) bond motifs is 1. The Labute approximate surface area is 147 Å². The highest BCUT2D eigenvalue weighted by Gasteiger charge is 2.21. The van der Waals surface area contributed by atoms with Crippen LogP contribution in [0.3, 0.4) is 0 Å². The quantitative estimate of drug-likeness (QED) is 0.753. The second kappa shape index (κ2) is 7.26. The lowest BCUT2D eigenvalue weighted by Gasteiger charge is -2.23. The lowest BCUT2D eigenvalue weighted by molar-refractivity contribution is 0.247. The minimum Gasteiger partial charge on any atom is -0.335 e. The summed E-state index contributed by atoms with van der Waals surface area (Å²) in [5.41, 5.74) is 3.92. The third-order valence-corrected chi connectivity index (χ3v) is 5.27. The van der Waals surface area contributed by atoms with Crippen molar-refractivity contribution in [3.63, 3.8) is 0 Å². The molecular formula is C17H22N4O3S. The fourth-order valence-electron chi connectivity index (χ4n) is 2.95. The summed E-state index contributed by atoms with van der Waals surface area (Å²) in [5.74, 6) is 0.123. The molecule has 2 aromatic rings. The molecule has 0 saturated carbocycles. The monoisotopic (exact) mass is 362 g/mol. The highest BCUT2D eigenvalue weighted by molar-refractivity contribution is 7.90. The van der Waals surface area contributed by atoms with E-state index in [0.29, 0.717) is 12.1 Å². The number of hydrogen-bond acceptors (Lipinski definition) is 4. The summed E-state index contributed by atoms with van der Waals surface area (Å²) in [4.78, 5) is 12.1. The first kappa shape index (κ1) is 17.5. The Balaban J connectivity index is 1.50. The predicted octanol–water partition coefficient (Wildman–Crippen LogP) is 1.68. The zero-order valence-electron chi connectivity index (χ0n) is 14.1. The number of carbonyl (C=O) groups is 1. The molecule has 1 aromatic carbocycles. The zero-order chi connectivity index (χ0) is 17.9. The van der Waals surface area contributed by atoms with E-state index in [1.54, 1.807) is 12.1 Å². The molecule has 0 aliphatic heterocycles. The number of rotatable bonds is 5. The summed E-state index contributed by atoms with van der Waals surface area (Å²) in [6.07, 6.45) is 6.06. The maximum Gasteiger partial charge on any atom is 0.319 e. The molecule has 3 rings (SSSR count). The SMILES string of the molecule is CS(=O)(=O)CCc1ccc(NC(=O)NC2CCc3[nH]ncc3C2)cc1. The van der Waals surface area contributed by atoms with E-state index in [4.69, 9.17) is 0 Å². The minimum atomic E-state index is -2.97. The van der Waals surface area contributed by atoms with Crippen molar-refractivity contribution in [2.75, 3.05) is 17.3 Å². The number of urea groups is 1. The number of aromatic amines is 1. The topological polar surface area (TPSA) is 104 Å². The molecular weight excluding hydrogens is 340 g/mol. The average molecular weight is 362 g/mol. The van der Waals surface area contributed by atoms with Gasteiger partial charge in [0.05, 0.1) is 11.9 Å². The van der Waals surface area contributed by atoms with E-state index in [-0.39, 0.29) is 17.8 Å². The first-order valence-corrected chi connectivity index (χ1v) is 10.3. The number of H-pyrrole nitrogens is 1. The minimum absolute atomic E-state index is 0.0964. The molecule has 1 aliphatic rings. The van der Waals surface area contributed by atoms with Gasteiger partial charge in [-0.1, -0.05) is 12.1 Å². The van der Waals surface area contributed by atoms with Crippen LogP contribution in [0.1, 0.15) is 23.2 Å². The molecule has 2 amide bonds. The largest absolute Gasteiger partial charge is 0.335 e. The van der Waals surface area contributed by atoms with Gasteiger partial charge in [0.2, 0.25) is 0 Å². The van der Waals surface area contributed by atoms with Crippen LogP contribution in [0.15, 0.2) is 30.5 Å². The summed E-state index contributed by atoms with van der Waals surface area (Å²) in [7, 11) is -2.97. The van der Waals surface area contributed by atoms with Crippen LogP contribution in [0.5, 0.6) is 0 Å². The van der Waals surface area contributed by atoms with Crippen molar-refractivity contribution in [2.24, 2.45) is 0 Å². The van der Waals surface area contributed by atoms with Crippen molar-refractivity contribution >= 4 is 21.6 Å². The number of aromatic nitrogens is 2. The Hall–Kier alpha value is -2.35. The van der Waals surface area contributed by atoms with Gasteiger partial charge in [0.25, 0.3) is 0 Å². The molecule has 1 unspecified atom stereocenters. The van der Waals surface area contributed by atoms with E-state index in [2.05, 4.69) is 20.8 Å². The Bertz CT molecular complexity index is 843. The third-order valence-electron chi connectivity index (χ3n) is 4.33. The van der Waals surface area contributed by atoms with Crippen LogP contribution < -0.4 is 10.6 Å². The molecule has 1 atom stereocenters. The lowest BCUT2D eigenvalue weighted by atomic mass is 9.94. The maximum atomic E-state index is 12.1. The first-order chi connectivity index (χ1) is 11.9. The highest BCUT2D eigenvalue weighted by Crippen LogP contribution is 2.19. The number of sulfone groups is 1. The van der Waals surface area contributed by atoms with E-state index in [1.165, 1.54) is 6.26 Å². The molecule has 134 valence electrons. The van der Waals surface area contributed by atoms with Gasteiger partial charge in [0, 0.05) is 23.7 Å². The molecule has 7 nitrogen and oxygen atoms in total. The van der Waals surface area contributed by atoms with Crippen molar-refractivity contribution in [1.29, 1.82) is 0 Å². The Morgan fingerprint density at radius 1 is 1.32 bits per heavy atom. The van der Waals surface area contributed by atoms with Crippen molar-refractivity contribution in [2.45, 2.75) is 31.7 Å². The van der Waals surface area contributed by atoms with Crippen LogP contribution in [0.4, 0.5) is 10.5 Å². The highest BCUT2D eigenvalue weighted by atomic mass is 32.2. The predicted molar refractivity (Wildman–Crippen MR) is 96.4 cm³/mol.